The molecule has 0 aromatic rings. The molecular formula is C14H28N2. The number of likely N-dealkylation sites (N-methyl/N-ethyl adjacent to an activating group) is 1. The molecule has 0 aromatic heterocycles. The van der Waals surface area contributed by atoms with E-state index in [1.807, 2.05) is 0 Å². The standard InChI is InChI=1S/C14H28N2/c1-4-12-7-8-14(11(12)2)15-13-6-5-9-16(3)10-13/h11-15H,4-10H2,1-3H3. The fourth-order valence-corrected chi connectivity index (χ4v) is 3.66. The minimum absolute atomic E-state index is 0.752. The van der Waals surface area contributed by atoms with E-state index in [-0.39, 0.29) is 0 Å². The van der Waals surface area contributed by atoms with Crippen LogP contribution in [-0.4, -0.2) is 37.1 Å². The SMILES string of the molecule is CCC1CCC(NC2CCCN(C)C2)C1C. The van der Waals surface area contributed by atoms with E-state index in [1.165, 1.54) is 45.2 Å². The van der Waals surface area contributed by atoms with Crippen LogP contribution in [0.1, 0.15) is 46.0 Å². The lowest BCUT2D eigenvalue weighted by Gasteiger charge is -2.34. The molecule has 1 aliphatic carbocycles. The maximum absolute atomic E-state index is 3.92. The number of likely N-dealkylation sites (tertiary alicyclic amines) is 1. The molecule has 2 heteroatoms. The van der Waals surface area contributed by atoms with Crippen LogP contribution < -0.4 is 5.32 Å². The molecule has 2 nitrogen and oxygen atoms in total. The first-order valence-corrected chi connectivity index (χ1v) is 7.15. The van der Waals surface area contributed by atoms with Crippen molar-refractivity contribution >= 4 is 0 Å². The van der Waals surface area contributed by atoms with Crippen LogP contribution in [0.3, 0.4) is 0 Å². The molecule has 16 heavy (non-hydrogen) atoms. The van der Waals surface area contributed by atoms with Crippen LogP contribution in [0.2, 0.25) is 0 Å². The Morgan fingerprint density at radius 3 is 2.69 bits per heavy atom. The van der Waals surface area contributed by atoms with E-state index in [0.29, 0.717) is 0 Å². The third-order valence-corrected chi connectivity index (χ3v) is 4.83. The monoisotopic (exact) mass is 224 g/mol. The van der Waals surface area contributed by atoms with Gasteiger partial charge in [0.15, 0.2) is 0 Å². The van der Waals surface area contributed by atoms with Crippen LogP contribution in [0.15, 0.2) is 0 Å². The Hall–Kier alpha value is -0.0800. The molecule has 0 radical (unpaired) electrons. The van der Waals surface area contributed by atoms with Crippen LogP contribution in [0.5, 0.6) is 0 Å². The first-order valence-electron chi connectivity index (χ1n) is 7.15. The molecule has 1 saturated heterocycles. The fraction of sp³-hybridized carbons (Fsp3) is 1.00. The van der Waals surface area contributed by atoms with E-state index in [1.54, 1.807) is 0 Å². The molecule has 2 aliphatic rings. The molecule has 0 bridgehead atoms. The summed E-state index contributed by atoms with van der Waals surface area (Å²) in [6.07, 6.45) is 6.96. The Morgan fingerprint density at radius 2 is 2.06 bits per heavy atom. The molecule has 0 aromatic carbocycles. The Balaban J connectivity index is 1.81. The number of hydrogen-bond acceptors (Lipinski definition) is 2. The van der Waals surface area contributed by atoms with E-state index in [2.05, 4.69) is 31.1 Å². The van der Waals surface area contributed by atoms with Gasteiger partial charge in [-0.3, -0.25) is 0 Å². The summed E-state index contributed by atoms with van der Waals surface area (Å²) in [5, 5.41) is 3.92. The number of hydrogen-bond donors (Lipinski definition) is 1. The van der Waals surface area contributed by atoms with Gasteiger partial charge in [0.05, 0.1) is 0 Å². The molecule has 94 valence electrons. The Bertz CT molecular complexity index is 217. The molecule has 1 saturated carbocycles. The molecule has 1 aliphatic heterocycles. The van der Waals surface area contributed by atoms with Crippen molar-refractivity contribution in [1.29, 1.82) is 0 Å². The predicted octanol–water partition coefficient (Wildman–Crippen LogP) is 2.49. The van der Waals surface area contributed by atoms with Gasteiger partial charge < -0.3 is 10.2 Å². The summed E-state index contributed by atoms with van der Waals surface area (Å²) < 4.78 is 0. The highest BCUT2D eigenvalue weighted by molar-refractivity contribution is 4.89. The fourth-order valence-electron chi connectivity index (χ4n) is 3.66. The quantitative estimate of drug-likeness (QED) is 0.792. The van der Waals surface area contributed by atoms with E-state index in [9.17, 15) is 0 Å². The van der Waals surface area contributed by atoms with Gasteiger partial charge in [0.25, 0.3) is 0 Å². The molecule has 1 heterocycles. The number of nitrogens with one attached hydrogen (secondary N) is 1. The van der Waals surface area contributed by atoms with Gasteiger partial charge in [-0.15, -0.1) is 0 Å². The average Bonchev–Trinajstić information content (AvgIpc) is 2.60. The summed E-state index contributed by atoms with van der Waals surface area (Å²) in [4.78, 5) is 2.47. The third-order valence-electron chi connectivity index (χ3n) is 4.83. The minimum atomic E-state index is 0.752. The summed E-state index contributed by atoms with van der Waals surface area (Å²) >= 11 is 0. The van der Waals surface area contributed by atoms with Crippen molar-refractivity contribution in [3.63, 3.8) is 0 Å². The second kappa shape index (κ2) is 5.50. The summed E-state index contributed by atoms with van der Waals surface area (Å²) in [6, 6.07) is 1.54. The normalized spacial score (nSPS) is 41.4. The second-order valence-electron chi connectivity index (χ2n) is 5.98. The van der Waals surface area contributed by atoms with Gasteiger partial charge in [-0.2, -0.15) is 0 Å². The smallest absolute Gasteiger partial charge is 0.0198 e. The molecule has 2 rings (SSSR count). The van der Waals surface area contributed by atoms with E-state index >= 15 is 0 Å². The van der Waals surface area contributed by atoms with Gasteiger partial charge >= 0.3 is 0 Å². The summed E-state index contributed by atoms with van der Waals surface area (Å²) in [6.45, 7) is 7.33. The number of nitrogens with zero attached hydrogens (tertiary/aromatic N) is 1. The molecule has 2 fully saturated rings. The maximum Gasteiger partial charge on any atom is 0.0198 e. The van der Waals surface area contributed by atoms with Crippen molar-refractivity contribution in [2.45, 2.75) is 58.0 Å². The molecular weight excluding hydrogens is 196 g/mol. The van der Waals surface area contributed by atoms with E-state index < -0.39 is 0 Å². The zero-order valence-electron chi connectivity index (χ0n) is 11.2. The van der Waals surface area contributed by atoms with Gasteiger partial charge in [0, 0.05) is 18.6 Å². The van der Waals surface area contributed by atoms with Crippen LogP contribution in [0.25, 0.3) is 0 Å². The van der Waals surface area contributed by atoms with Gasteiger partial charge in [0.1, 0.15) is 0 Å². The average molecular weight is 224 g/mol. The van der Waals surface area contributed by atoms with Gasteiger partial charge in [-0.25, -0.2) is 0 Å². The molecule has 1 N–H and O–H groups in total. The van der Waals surface area contributed by atoms with Crippen LogP contribution >= 0.6 is 0 Å². The van der Waals surface area contributed by atoms with Crippen molar-refractivity contribution < 1.29 is 0 Å². The zero-order chi connectivity index (χ0) is 11.5. The second-order valence-corrected chi connectivity index (χ2v) is 5.98. The van der Waals surface area contributed by atoms with Crippen molar-refractivity contribution in [3.05, 3.63) is 0 Å². The molecule has 4 atom stereocenters. The lowest BCUT2D eigenvalue weighted by atomic mass is 9.93. The van der Waals surface area contributed by atoms with Gasteiger partial charge in [-0.1, -0.05) is 20.3 Å². The van der Waals surface area contributed by atoms with Gasteiger partial charge in [0.2, 0.25) is 0 Å². The summed E-state index contributed by atoms with van der Waals surface area (Å²) in [5.74, 6) is 1.86. The van der Waals surface area contributed by atoms with E-state index in [4.69, 9.17) is 0 Å². The lowest BCUT2D eigenvalue weighted by Crippen LogP contribution is -2.48. The van der Waals surface area contributed by atoms with Crippen LogP contribution in [0.4, 0.5) is 0 Å². The van der Waals surface area contributed by atoms with Crippen molar-refractivity contribution in [2.75, 3.05) is 20.1 Å². The zero-order valence-corrected chi connectivity index (χ0v) is 11.2. The Labute approximate surface area is 101 Å². The summed E-state index contributed by atoms with van der Waals surface area (Å²) in [7, 11) is 2.25. The summed E-state index contributed by atoms with van der Waals surface area (Å²) in [5.41, 5.74) is 0. The van der Waals surface area contributed by atoms with Crippen LogP contribution in [-0.2, 0) is 0 Å². The molecule has 0 spiro atoms. The Kier molecular flexibility index (Phi) is 4.26. The third kappa shape index (κ3) is 2.78. The highest BCUT2D eigenvalue weighted by Gasteiger charge is 2.33. The lowest BCUT2D eigenvalue weighted by molar-refractivity contribution is 0.204. The Morgan fingerprint density at radius 1 is 1.25 bits per heavy atom. The number of piperidine rings is 1. The highest BCUT2D eigenvalue weighted by Crippen LogP contribution is 2.34. The number of rotatable bonds is 3. The predicted molar refractivity (Wildman–Crippen MR) is 69.6 cm³/mol. The minimum Gasteiger partial charge on any atom is -0.310 e. The van der Waals surface area contributed by atoms with Crippen molar-refractivity contribution in [1.82, 2.24) is 10.2 Å². The first kappa shape index (κ1) is 12.4. The first-order chi connectivity index (χ1) is 7.70. The molecule has 0 amide bonds. The largest absolute Gasteiger partial charge is 0.310 e. The van der Waals surface area contributed by atoms with Crippen molar-refractivity contribution in [2.24, 2.45) is 11.8 Å². The molecule has 4 unspecified atom stereocenters. The van der Waals surface area contributed by atoms with E-state index in [0.717, 1.165) is 23.9 Å². The van der Waals surface area contributed by atoms with Crippen molar-refractivity contribution in [3.8, 4) is 0 Å². The van der Waals surface area contributed by atoms with Gasteiger partial charge in [-0.05, 0) is 51.1 Å². The highest BCUT2D eigenvalue weighted by atomic mass is 15.1. The topological polar surface area (TPSA) is 15.3 Å². The maximum atomic E-state index is 3.92. The van der Waals surface area contributed by atoms with Crippen LogP contribution in [0, 0.1) is 11.8 Å².